The van der Waals surface area contributed by atoms with Crippen LogP contribution in [0, 0.1) is 0 Å². The molecule has 2 amide bonds. The molecule has 0 bridgehead atoms. The Hall–Kier alpha value is -2.93. The Balaban J connectivity index is 1.54. The molecule has 3 rings (SSSR count). The lowest BCUT2D eigenvalue weighted by molar-refractivity contribution is -0.121. The van der Waals surface area contributed by atoms with Crippen LogP contribution in [-0.4, -0.2) is 16.8 Å². The maximum atomic E-state index is 12.1. The van der Waals surface area contributed by atoms with Crippen LogP contribution < -0.4 is 10.6 Å². The first-order chi connectivity index (χ1) is 12.6. The fraction of sp³-hybridized carbons (Fsp3) is 0.211. The largest absolute Gasteiger partial charge is 0.458 e. The maximum absolute atomic E-state index is 12.1. The van der Waals surface area contributed by atoms with Gasteiger partial charge in [0.2, 0.25) is 11.8 Å². The summed E-state index contributed by atoms with van der Waals surface area (Å²) in [4.78, 5) is 27.5. The number of hydrogen-bond donors (Lipinski definition) is 2. The second-order valence-electron chi connectivity index (χ2n) is 5.74. The van der Waals surface area contributed by atoms with Crippen molar-refractivity contribution in [3.8, 4) is 11.5 Å². The molecule has 0 spiro atoms. The number of nitrogens with one attached hydrogen (secondary N) is 2. The molecule has 0 radical (unpaired) electrons. The topological polar surface area (TPSA) is 84.2 Å². The second kappa shape index (κ2) is 8.44. The molecule has 0 aliphatic rings. The van der Waals surface area contributed by atoms with Gasteiger partial charge in [0.05, 0.1) is 13.0 Å². The molecule has 3 aromatic rings. The zero-order valence-corrected chi connectivity index (χ0v) is 15.1. The van der Waals surface area contributed by atoms with Gasteiger partial charge in [-0.3, -0.25) is 9.59 Å². The number of amides is 2. The van der Waals surface area contributed by atoms with Crippen molar-refractivity contribution in [3.05, 3.63) is 64.2 Å². The molecule has 1 aromatic carbocycles. The highest BCUT2D eigenvalue weighted by Crippen LogP contribution is 2.24. The van der Waals surface area contributed by atoms with Crippen LogP contribution in [0.1, 0.15) is 23.3 Å². The van der Waals surface area contributed by atoms with Gasteiger partial charge < -0.3 is 15.1 Å². The van der Waals surface area contributed by atoms with Gasteiger partial charge in [-0.05, 0) is 17.7 Å². The van der Waals surface area contributed by atoms with E-state index in [1.807, 2.05) is 41.8 Å². The molecule has 0 fully saturated rings. The van der Waals surface area contributed by atoms with Gasteiger partial charge in [-0.2, -0.15) is 0 Å². The fourth-order valence-corrected chi connectivity index (χ4v) is 3.11. The van der Waals surface area contributed by atoms with Crippen LogP contribution in [0.25, 0.3) is 11.5 Å². The predicted molar refractivity (Wildman–Crippen MR) is 99.3 cm³/mol. The number of furan rings is 1. The minimum absolute atomic E-state index is 0.0689. The summed E-state index contributed by atoms with van der Waals surface area (Å²) in [6.07, 6.45) is 0.233. The van der Waals surface area contributed by atoms with Crippen molar-refractivity contribution in [2.45, 2.75) is 26.4 Å². The molecule has 2 N–H and O–H groups in total. The predicted octanol–water partition coefficient (Wildman–Crippen LogP) is 2.90. The van der Waals surface area contributed by atoms with Crippen molar-refractivity contribution in [1.82, 2.24) is 15.6 Å². The molecule has 2 heterocycles. The molecular weight excluding hydrogens is 350 g/mol. The van der Waals surface area contributed by atoms with E-state index in [1.165, 1.54) is 18.3 Å². The standard InChI is InChI=1S/C19H19N3O3S/c1-13(23)20-11-15-7-8-17(25-15)16-12-26-19(22-16)9-18(24)21-10-14-5-3-2-4-6-14/h2-8,12H,9-11H2,1H3,(H,20,23)(H,21,24). The summed E-state index contributed by atoms with van der Waals surface area (Å²) >= 11 is 1.42. The zero-order chi connectivity index (χ0) is 18.4. The van der Waals surface area contributed by atoms with Gasteiger partial charge in [-0.15, -0.1) is 11.3 Å². The average Bonchev–Trinajstić information content (AvgIpc) is 3.28. The zero-order valence-electron chi connectivity index (χ0n) is 14.3. The van der Waals surface area contributed by atoms with Crippen LogP contribution in [0.15, 0.2) is 52.3 Å². The first kappa shape index (κ1) is 17.9. The van der Waals surface area contributed by atoms with Crippen LogP contribution in [0.5, 0.6) is 0 Å². The number of benzene rings is 1. The summed E-state index contributed by atoms with van der Waals surface area (Å²) < 4.78 is 5.67. The monoisotopic (exact) mass is 369 g/mol. The van der Waals surface area contributed by atoms with E-state index in [0.717, 1.165) is 10.6 Å². The molecule has 0 atom stereocenters. The van der Waals surface area contributed by atoms with Gasteiger partial charge in [-0.25, -0.2) is 4.98 Å². The molecule has 26 heavy (non-hydrogen) atoms. The number of carbonyl (C=O) groups excluding carboxylic acids is 2. The number of rotatable bonds is 7. The van der Waals surface area contributed by atoms with Crippen molar-refractivity contribution in [3.63, 3.8) is 0 Å². The van der Waals surface area contributed by atoms with Crippen molar-refractivity contribution < 1.29 is 14.0 Å². The number of aromatic nitrogens is 1. The van der Waals surface area contributed by atoms with Gasteiger partial charge in [0.25, 0.3) is 0 Å². The Morgan fingerprint density at radius 1 is 1.08 bits per heavy atom. The maximum Gasteiger partial charge on any atom is 0.227 e. The minimum Gasteiger partial charge on any atom is -0.458 e. The van der Waals surface area contributed by atoms with E-state index < -0.39 is 0 Å². The van der Waals surface area contributed by atoms with E-state index in [1.54, 1.807) is 6.07 Å². The third-order valence-electron chi connectivity index (χ3n) is 3.62. The molecule has 0 aliphatic heterocycles. The second-order valence-corrected chi connectivity index (χ2v) is 6.68. The minimum atomic E-state index is -0.111. The van der Waals surface area contributed by atoms with E-state index in [9.17, 15) is 9.59 Å². The Morgan fingerprint density at radius 3 is 2.65 bits per heavy atom. The van der Waals surface area contributed by atoms with E-state index in [2.05, 4.69) is 15.6 Å². The summed E-state index contributed by atoms with van der Waals surface area (Å²) in [6.45, 7) is 2.30. The number of thiazole rings is 1. The van der Waals surface area contributed by atoms with Gasteiger partial charge >= 0.3 is 0 Å². The van der Waals surface area contributed by atoms with Gasteiger partial charge in [-0.1, -0.05) is 30.3 Å². The summed E-state index contributed by atoms with van der Waals surface area (Å²) in [5.74, 6) is 1.10. The van der Waals surface area contributed by atoms with Crippen LogP contribution >= 0.6 is 11.3 Å². The Kier molecular flexibility index (Phi) is 5.80. The normalized spacial score (nSPS) is 10.5. The molecular formula is C19H19N3O3S. The molecule has 7 heteroatoms. The van der Waals surface area contributed by atoms with Crippen molar-refractivity contribution in [2.75, 3.05) is 0 Å². The first-order valence-electron chi connectivity index (χ1n) is 8.18. The molecule has 6 nitrogen and oxygen atoms in total. The molecule has 2 aromatic heterocycles. The Labute approximate surface area is 155 Å². The van der Waals surface area contributed by atoms with Gasteiger partial charge in [0.15, 0.2) is 5.76 Å². The molecule has 0 saturated carbocycles. The summed E-state index contributed by atoms with van der Waals surface area (Å²) in [5, 5.41) is 8.16. The van der Waals surface area contributed by atoms with Crippen molar-refractivity contribution in [1.29, 1.82) is 0 Å². The van der Waals surface area contributed by atoms with Crippen LogP contribution in [0.3, 0.4) is 0 Å². The van der Waals surface area contributed by atoms with Crippen LogP contribution in [0.2, 0.25) is 0 Å². The smallest absolute Gasteiger partial charge is 0.227 e. The van der Waals surface area contributed by atoms with E-state index in [0.29, 0.717) is 30.3 Å². The number of carbonyl (C=O) groups is 2. The highest BCUT2D eigenvalue weighted by molar-refractivity contribution is 7.10. The van der Waals surface area contributed by atoms with Gasteiger partial charge in [0.1, 0.15) is 16.5 Å². The molecule has 134 valence electrons. The van der Waals surface area contributed by atoms with E-state index in [4.69, 9.17) is 4.42 Å². The van der Waals surface area contributed by atoms with E-state index >= 15 is 0 Å². The molecule has 0 aliphatic carbocycles. The van der Waals surface area contributed by atoms with E-state index in [-0.39, 0.29) is 18.2 Å². The van der Waals surface area contributed by atoms with Crippen molar-refractivity contribution >= 4 is 23.2 Å². The van der Waals surface area contributed by atoms with Crippen LogP contribution in [0.4, 0.5) is 0 Å². The molecule has 0 saturated heterocycles. The third kappa shape index (κ3) is 5.03. The number of hydrogen-bond acceptors (Lipinski definition) is 5. The Morgan fingerprint density at radius 2 is 1.88 bits per heavy atom. The van der Waals surface area contributed by atoms with Gasteiger partial charge in [0, 0.05) is 18.8 Å². The highest BCUT2D eigenvalue weighted by atomic mass is 32.1. The lowest BCUT2D eigenvalue weighted by Crippen LogP contribution is -2.24. The average molecular weight is 369 g/mol. The highest BCUT2D eigenvalue weighted by Gasteiger charge is 2.12. The quantitative estimate of drug-likeness (QED) is 0.671. The number of nitrogens with zero attached hydrogens (tertiary/aromatic N) is 1. The SMILES string of the molecule is CC(=O)NCc1ccc(-c2csc(CC(=O)NCc3ccccc3)n2)o1. The lowest BCUT2D eigenvalue weighted by Gasteiger charge is -2.03. The third-order valence-corrected chi connectivity index (χ3v) is 4.47. The lowest BCUT2D eigenvalue weighted by atomic mass is 10.2. The van der Waals surface area contributed by atoms with Crippen LogP contribution in [-0.2, 0) is 29.1 Å². The summed E-state index contributed by atoms with van der Waals surface area (Å²) in [6, 6.07) is 13.4. The van der Waals surface area contributed by atoms with Crippen molar-refractivity contribution in [2.24, 2.45) is 0 Å². The Bertz CT molecular complexity index is 886. The first-order valence-corrected chi connectivity index (χ1v) is 9.06. The summed E-state index contributed by atoms with van der Waals surface area (Å²) in [7, 11) is 0. The summed E-state index contributed by atoms with van der Waals surface area (Å²) in [5.41, 5.74) is 1.75. The molecule has 0 unspecified atom stereocenters. The fourth-order valence-electron chi connectivity index (χ4n) is 2.32.